The Hall–Kier alpha value is -1.87. The molecule has 1 N–H and O–H groups in total. The number of H-pyrrole nitrogens is 1. The van der Waals surface area contributed by atoms with E-state index in [-0.39, 0.29) is 11.9 Å². The molecule has 1 aromatic carbocycles. The number of hydrogen-bond acceptors (Lipinski definition) is 5. The first-order valence-corrected chi connectivity index (χ1v) is 9.28. The monoisotopic (exact) mass is 376 g/mol. The van der Waals surface area contributed by atoms with Crippen LogP contribution in [0.1, 0.15) is 11.7 Å². The fraction of sp³-hybridized carbons (Fsp3) is 0.294. The van der Waals surface area contributed by atoms with Crippen LogP contribution >= 0.6 is 23.6 Å². The minimum Gasteiger partial charge on any atom is -0.371 e. The Kier molecular flexibility index (Phi) is 4.76. The van der Waals surface area contributed by atoms with Crippen LogP contribution in [0.5, 0.6) is 0 Å². The van der Waals surface area contributed by atoms with E-state index in [2.05, 4.69) is 15.0 Å². The van der Waals surface area contributed by atoms with Gasteiger partial charge in [-0.15, -0.1) is 11.3 Å². The van der Waals surface area contributed by atoms with Gasteiger partial charge >= 0.3 is 0 Å². The van der Waals surface area contributed by atoms with E-state index >= 15 is 0 Å². The molecule has 0 amide bonds. The molecule has 0 spiro atoms. The Balaban J connectivity index is 1.47. The zero-order chi connectivity index (χ0) is 17.2. The SMILES string of the molecule is Fc1ccc([C@@H]2CN(Cn3[nH]c(-c4cccs4)nc3=S)CCO2)cc1. The second-order valence-electron chi connectivity index (χ2n) is 5.89. The molecule has 3 heterocycles. The molecule has 130 valence electrons. The highest BCUT2D eigenvalue weighted by Gasteiger charge is 2.22. The van der Waals surface area contributed by atoms with Gasteiger partial charge in [0, 0.05) is 13.1 Å². The fourth-order valence-electron chi connectivity index (χ4n) is 2.89. The van der Waals surface area contributed by atoms with Crippen molar-refractivity contribution in [3.8, 4) is 10.7 Å². The van der Waals surface area contributed by atoms with Crippen molar-refractivity contribution in [2.45, 2.75) is 12.8 Å². The molecule has 0 radical (unpaired) electrons. The van der Waals surface area contributed by atoms with E-state index in [0.29, 0.717) is 18.0 Å². The second kappa shape index (κ2) is 7.17. The van der Waals surface area contributed by atoms with Crippen LogP contribution in [0.4, 0.5) is 4.39 Å². The summed E-state index contributed by atoms with van der Waals surface area (Å²) in [6.45, 7) is 2.78. The zero-order valence-electron chi connectivity index (χ0n) is 13.4. The maximum Gasteiger partial charge on any atom is 0.217 e. The lowest BCUT2D eigenvalue weighted by molar-refractivity contribution is -0.0418. The molecule has 0 bridgehead atoms. The van der Waals surface area contributed by atoms with Crippen molar-refractivity contribution < 1.29 is 9.13 Å². The lowest BCUT2D eigenvalue weighted by Gasteiger charge is -2.33. The van der Waals surface area contributed by atoms with Crippen molar-refractivity contribution >= 4 is 23.6 Å². The Labute approximate surface area is 153 Å². The third-order valence-electron chi connectivity index (χ3n) is 4.17. The number of benzene rings is 1. The predicted molar refractivity (Wildman–Crippen MR) is 97.4 cm³/mol. The van der Waals surface area contributed by atoms with E-state index < -0.39 is 0 Å². The van der Waals surface area contributed by atoms with Crippen LogP contribution in [0, 0.1) is 10.6 Å². The van der Waals surface area contributed by atoms with Gasteiger partial charge in [0.2, 0.25) is 4.77 Å². The maximum atomic E-state index is 13.1. The van der Waals surface area contributed by atoms with Crippen molar-refractivity contribution in [1.29, 1.82) is 0 Å². The number of halogens is 1. The van der Waals surface area contributed by atoms with Crippen molar-refractivity contribution in [3.05, 3.63) is 57.9 Å². The molecule has 0 unspecified atom stereocenters. The molecular weight excluding hydrogens is 359 g/mol. The van der Waals surface area contributed by atoms with E-state index in [0.717, 1.165) is 29.4 Å². The van der Waals surface area contributed by atoms with Gasteiger partial charge in [-0.3, -0.25) is 10.00 Å². The first-order chi connectivity index (χ1) is 12.2. The van der Waals surface area contributed by atoms with E-state index in [4.69, 9.17) is 17.0 Å². The summed E-state index contributed by atoms with van der Waals surface area (Å²) in [7, 11) is 0. The summed E-state index contributed by atoms with van der Waals surface area (Å²) in [5.74, 6) is 0.560. The molecule has 4 rings (SSSR count). The zero-order valence-corrected chi connectivity index (χ0v) is 15.0. The normalized spacial score (nSPS) is 18.5. The number of nitrogens with one attached hydrogen (secondary N) is 1. The van der Waals surface area contributed by atoms with Crippen LogP contribution in [0.15, 0.2) is 41.8 Å². The lowest BCUT2D eigenvalue weighted by Crippen LogP contribution is -2.39. The van der Waals surface area contributed by atoms with E-state index in [1.165, 1.54) is 12.1 Å². The summed E-state index contributed by atoms with van der Waals surface area (Å²) in [4.78, 5) is 7.76. The Morgan fingerprint density at radius 1 is 1.32 bits per heavy atom. The van der Waals surface area contributed by atoms with Crippen molar-refractivity contribution in [2.75, 3.05) is 19.7 Å². The molecule has 1 saturated heterocycles. The summed E-state index contributed by atoms with van der Waals surface area (Å²) < 4.78 is 21.4. The minimum atomic E-state index is -0.235. The van der Waals surface area contributed by atoms with Crippen molar-refractivity contribution in [1.82, 2.24) is 19.7 Å². The molecule has 3 aromatic rings. The Morgan fingerprint density at radius 3 is 2.92 bits per heavy atom. The fourth-order valence-corrected chi connectivity index (χ4v) is 3.74. The van der Waals surface area contributed by atoms with Gasteiger partial charge in [-0.1, -0.05) is 18.2 Å². The maximum absolute atomic E-state index is 13.1. The lowest BCUT2D eigenvalue weighted by atomic mass is 10.1. The number of aromatic nitrogens is 3. The topological polar surface area (TPSA) is 46.1 Å². The molecule has 25 heavy (non-hydrogen) atoms. The number of thiophene rings is 1. The van der Waals surface area contributed by atoms with E-state index in [1.54, 1.807) is 23.5 Å². The summed E-state index contributed by atoms with van der Waals surface area (Å²) in [5, 5.41) is 5.29. The predicted octanol–water partition coefficient (Wildman–Crippen LogP) is 3.84. The summed E-state index contributed by atoms with van der Waals surface area (Å²) in [6, 6.07) is 10.5. The van der Waals surface area contributed by atoms with Gasteiger partial charge in [0.05, 0.1) is 24.3 Å². The van der Waals surface area contributed by atoms with Gasteiger partial charge in [0.15, 0.2) is 5.82 Å². The quantitative estimate of drug-likeness (QED) is 0.703. The highest BCUT2D eigenvalue weighted by molar-refractivity contribution is 7.71. The average Bonchev–Trinajstić information content (AvgIpc) is 3.26. The first-order valence-electron chi connectivity index (χ1n) is 7.99. The minimum absolute atomic E-state index is 0.0665. The molecule has 0 aliphatic carbocycles. The molecule has 1 aliphatic rings. The molecular formula is C17H17FN4OS2. The third kappa shape index (κ3) is 3.72. The van der Waals surface area contributed by atoms with Crippen LogP contribution < -0.4 is 0 Å². The average molecular weight is 376 g/mol. The summed E-state index contributed by atoms with van der Waals surface area (Å²) >= 11 is 7.00. The van der Waals surface area contributed by atoms with Crippen LogP contribution in [0.2, 0.25) is 0 Å². The van der Waals surface area contributed by atoms with Gasteiger partial charge < -0.3 is 4.74 Å². The van der Waals surface area contributed by atoms with E-state index in [1.807, 2.05) is 22.2 Å². The Morgan fingerprint density at radius 2 is 2.16 bits per heavy atom. The third-order valence-corrected chi connectivity index (χ3v) is 5.36. The number of hydrogen-bond donors (Lipinski definition) is 1. The first kappa shape index (κ1) is 16.6. The van der Waals surface area contributed by atoms with Crippen LogP contribution in [-0.2, 0) is 11.4 Å². The van der Waals surface area contributed by atoms with Crippen LogP contribution in [0.3, 0.4) is 0 Å². The number of aromatic amines is 1. The molecule has 1 atom stereocenters. The van der Waals surface area contributed by atoms with Crippen molar-refractivity contribution in [2.24, 2.45) is 0 Å². The van der Waals surface area contributed by atoms with Gasteiger partial charge in [-0.05, 0) is 41.4 Å². The van der Waals surface area contributed by atoms with E-state index in [9.17, 15) is 4.39 Å². The number of rotatable bonds is 4. The molecule has 5 nitrogen and oxygen atoms in total. The van der Waals surface area contributed by atoms with Gasteiger partial charge in [-0.25, -0.2) is 9.07 Å². The highest BCUT2D eigenvalue weighted by atomic mass is 32.1. The molecule has 2 aromatic heterocycles. The second-order valence-corrected chi connectivity index (χ2v) is 7.20. The standard InChI is InChI=1S/C17H17FN4OS2/c18-13-5-3-12(4-6-13)14-10-21(7-8-23-14)11-22-17(24)19-16(20-22)15-2-1-9-25-15/h1-6,9,14H,7-8,10-11H2,(H,19,20,24)/t14-/m0/s1. The van der Waals surface area contributed by atoms with Gasteiger partial charge in [0.1, 0.15) is 5.82 Å². The molecule has 1 fully saturated rings. The number of nitrogens with zero attached hydrogens (tertiary/aromatic N) is 3. The van der Waals surface area contributed by atoms with Crippen LogP contribution in [-0.4, -0.2) is 39.4 Å². The summed E-state index contributed by atoms with van der Waals surface area (Å²) in [5.41, 5.74) is 0.985. The smallest absolute Gasteiger partial charge is 0.217 e. The number of ether oxygens (including phenoxy) is 1. The van der Waals surface area contributed by atoms with Crippen molar-refractivity contribution in [3.63, 3.8) is 0 Å². The van der Waals surface area contributed by atoms with Gasteiger partial charge in [0.25, 0.3) is 0 Å². The van der Waals surface area contributed by atoms with Gasteiger partial charge in [-0.2, -0.15) is 4.98 Å². The van der Waals surface area contributed by atoms with Crippen LogP contribution in [0.25, 0.3) is 10.7 Å². The molecule has 8 heteroatoms. The molecule has 1 aliphatic heterocycles. The highest BCUT2D eigenvalue weighted by Crippen LogP contribution is 2.24. The summed E-state index contributed by atoms with van der Waals surface area (Å²) in [6.07, 6.45) is -0.0665. The Bertz CT molecular complexity index is 888. The largest absolute Gasteiger partial charge is 0.371 e. The number of morpholine rings is 1. The molecule has 0 saturated carbocycles.